The van der Waals surface area contributed by atoms with Gasteiger partial charge in [-0.05, 0) is 41.9 Å². The minimum Gasteiger partial charge on any atom is -0.328 e. The van der Waals surface area contributed by atoms with Crippen molar-refractivity contribution in [2.24, 2.45) is 0 Å². The Morgan fingerprint density at radius 2 is 2.26 bits per heavy atom. The van der Waals surface area contributed by atoms with Gasteiger partial charge in [0.25, 0.3) is 5.56 Å². The van der Waals surface area contributed by atoms with Crippen LogP contribution in [-0.4, -0.2) is 16.2 Å². The van der Waals surface area contributed by atoms with E-state index < -0.39 is 5.95 Å². The highest BCUT2D eigenvalue weighted by Crippen LogP contribution is 2.20. The Labute approximate surface area is 115 Å². The van der Waals surface area contributed by atoms with Crippen LogP contribution in [0.1, 0.15) is 24.0 Å². The van der Waals surface area contributed by atoms with Crippen molar-refractivity contribution < 1.29 is 4.39 Å². The first kappa shape index (κ1) is 13.8. The summed E-state index contributed by atoms with van der Waals surface area (Å²) in [5.41, 5.74) is 1.98. The normalized spacial score (nSPS) is 12.4. The van der Waals surface area contributed by atoms with Gasteiger partial charge in [0.1, 0.15) is 0 Å². The molecule has 0 amide bonds. The number of nitrogens with zero attached hydrogens (tertiary/aromatic N) is 1. The summed E-state index contributed by atoms with van der Waals surface area (Å²) in [6.07, 6.45) is 5.94. The molecule has 0 saturated heterocycles. The van der Waals surface area contributed by atoms with Gasteiger partial charge in [-0.25, -0.2) is 4.98 Å². The molecule has 0 aliphatic heterocycles. The molecule has 2 heterocycles. The van der Waals surface area contributed by atoms with Gasteiger partial charge in [0.15, 0.2) is 0 Å². The highest BCUT2D eigenvalue weighted by atomic mass is 32.2. The molecule has 0 saturated carbocycles. The van der Waals surface area contributed by atoms with Crippen molar-refractivity contribution in [1.29, 1.82) is 0 Å². The number of H-pyrrole nitrogens is 1. The number of aromatic nitrogens is 2. The van der Waals surface area contributed by atoms with E-state index in [0.29, 0.717) is 4.90 Å². The first-order valence-corrected chi connectivity index (χ1v) is 7.19. The summed E-state index contributed by atoms with van der Waals surface area (Å²) in [6.45, 7) is 2.05. The lowest BCUT2D eigenvalue weighted by atomic mass is 9.96. The second-order valence-electron chi connectivity index (χ2n) is 4.42. The average molecular weight is 278 g/mol. The summed E-state index contributed by atoms with van der Waals surface area (Å²) < 4.78 is 12.8. The fourth-order valence-electron chi connectivity index (χ4n) is 1.92. The maximum absolute atomic E-state index is 12.8. The monoisotopic (exact) mass is 278 g/mol. The summed E-state index contributed by atoms with van der Waals surface area (Å²) in [4.78, 5) is 18.6. The molecule has 0 fully saturated rings. The lowest BCUT2D eigenvalue weighted by Gasteiger charge is -2.11. The van der Waals surface area contributed by atoms with Gasteiger partial charge in [0.05, 0.1) is 4.90 Å². The van der Waals surface area contributed by atoms with Crippen molar-refractivity contribution in [2.75, 3.05) is 6.26 Å². The van der Waals surface area contributed by atoms with Gasteiger partial charge in [-0.2, -0.15) is 4.39 Å². The molecule has 0 aliphatic carbocycles. The number of pyridine rings is 2. The Morgan fingerprint density at radius 1 is 1.47 bits per heavy atom. The summed E-state index contributed by atoms with van der Waals surface area (Å²) in [6, 6.07) is 5.01. The minimum absolute atomic E-state index is 0.0626. The molecule has 1 N–H and O–H groups in total. The lowest BCUT2D eigenvalue weighted by molar-refractivity contribution is 0.580. The molecule has 2 aromatic rings. The second kappa shape index (κ2) is 6.02. The van der Waals surface area contributed by atoms with Crippen molar-refractivity contribution in [2.45, 2.75) is 24.2 Å². The molecule has 0 bridgehead atoms. The molecule has 19 heavy (non-hydrogen) atoms. The number of rotatable bonds is 4. The van der Waals surface area contributed by atoms with Gasteiger partial charge in [-0.3, -0.25) is 4.79 Å². The maximum Gasteiger partial charge on any atom is 0.261 e. The zero-order valence-electron chi connectivity index (χ0n) is 10.8. The molecule has 5 heteroatoms. The van der Waals surface area contributed by atoms with Crippen molar-refractivity contribution in [1.82, 2.24) is 9.97 Å². The van der Waals surface area contributed by atoms with Gasteiger partial charge in [0.2, 0.25) is 5.95 Å². The molecule has 3 nitrogen and oxygen atoms in total. The molecular formula is C14H15FN2OS. The molecule has 2 rings (SSSR count). The summed E-state index contributed by atoms with van der Waals surface area (Å²) in [5, 5.41) is 0. The predicted octanol–water partition coefficient (Wildman–Crippen LogP) is 2.98. The average Bonchev–Trinajstić information content (AvgIpc) is 2.41. The number of aromatic amines is 1. The first-order valence-electron chi connectivity index (χ1n) is 5.97. The highest BCUT2D eigenvalue weighted by molar-refractivity contribution is 7.98. The quantitative estimate of drug-likeness (QED) is 0.691. The summed E-state index contributed by atoms with van der Waals surface area (Å²) >= 11 is 1.43. The van der Waals surface area contributed by atoms with Crippen LogP contribution >= 0.6 is 11.8 Å². The van der Waals surface area contributed by atoms with Crippen LogP contribution in [0, 0.1) is 5.95 Å². The van der Waals surface area contributed by atoms with Crippen LogP contribution in [0.2, 0.25) is 0 Å². The highest BCUT2D eigenvalue weighted by Gasteiger charge is 2.09. The Kier molecular flexibility index (Phi) is 4.37. The van der Waals surface area contributed by atoms with Crippen molar-refractivity contribution in [3.05, 3.63) is 58.0 Å². The van der Waals surface area contributed by atoms with E-state index in [-0.39, 0.29) is 11.5 Å². The predicted molar refractivity (Wildman–Crippen MR) is 75.2 cm³/mol. The third-order valence-corrected chi connectivity index (χ3v) is 3.75. The van der Waals surface area contributed by atoms with Gasteiger partial charge in [0, 0.05) is 12.4 Å². The zero-order valence-corrected chi connectivity index (χ0v) is 11.6. The Morgan fingerprint density at radius 3 is 2.89 bits per heavy atom. The van der Waals surface area contributed by atoms with E-state index in [9.17, 15) is 9.18 Å². The molecule has 1 atom stereocenters. The van der Waals surface area contributed by atoms with E-state index in [4.69, 9.17) is 0 Å². The Bertz CT molecular complexity index is 610. The first-order chi connectivity index (χ1) is 9.10. The minimum atomic E-state index is -0.468. The van der Waals surface area contributed by atoms with Crippen LogP contribution in [0.25, 0.3) is 0 Å². The van der Waals surface area contributed by atoms with Crippen LogP contribution in [0.15, 0.2) is 40.3 Å². The molecule has 2 aromatic heterocycles. The largest absolute Gasteiger partial charge is 0.328 e. The third-order valence-electron chi connectivity index (χ3n) is 3.01. The van der Waals surface area contributed by atoms with Gasteiger partial charge in [-0.15, -0.1) is 11.8 Å². The number of hydrogen-bond donors (Lipinski definition) is 1. The fourth-order valence-corrected chi connectivity index (χ4v) is 2.44. The zero-order chi connectivity index (χ0) is 13.8. The molecule has 0 aliphatic rings. The smallest absolute Gasteiger partial charge is 0.261 e. The van der Waals surface area contributed by atoms with Crippen molar-refractivity contribution >= 4 is 11.8 Å². The van der Waals surface area contributed by atoms with Gasteiger partial charge in [-0.1, -0.05) is 13.0 Å². The number of thioether (sulfide) groups is 1. The van der Waals surface area contributed by atoms with E-state index in [1.807, 2.05) is 12.3 Å². The van der Waals surface area contributed by atoms with Crippen molar-refractivity contribution in [3.8, 4) is 0 Å². The van der Waals surface area contributed by atoms with Crippen LogP contribution < -0.4 is 5.56 Å². The maximum atomic E-state index is 12.8. The van der Waals surface area contributed by atoms with E-state index in [0.717, 1.165) is 17.5 Å². The van der Waals surface area contributed by atoms with E-state index in [2.05, 4.69) is 16.9 Å². The summed E-state index contributed by atoms with van der Waals surface area (Å²) in [5.74, 6) is -0.252. The SMILES string of the molecule is CSc1cc(CC(C)c2ccc(F)nc2)c[nH]c1=O. The molecule has 0 radical (unpaired) electrons. The third kappa shape index (κ3) is 3.44. The summed E-state index contributed by atoms with van der Waals surface area (Å²) in [7, 11) is 0. The van der Waals surface area contributed by atoms with E-state index >= 15 is 0 Å². The fraction of sp³-hybridized carbons (Fsp3) is 0.286. The van der Waals surface area contributed by atoms with Crippen LogP contribution in [0.5, 0.6) is 0 Å². The van der Waals surface area contributed by atoms with E-state index in [1.165, 1.54) is 17.8 Å². The molecule has 0 spiro atoms. The van der Waals surface area contributed by atoms with Crippen LogP contribution in [-0.2, 0) is 6.42 Å². The Hall–Kier alpha value is -1.62. The van der Waals surface area contributed by atoms with E-state index in [1.54, 1.807) is 18.5 Å². The molecular weight excluding hydrogens is 263 g/mol. The lowest BCUT2D eigenvalue weighted by Crippen LogP contribution is -2.09. The van der Waals surface area contributed by atoms with Crippen molar-refractivity contribution in [3.63, 3.8) is 0 Å². The number of hydrogen-bond acceptors (Lipinski definition) is 3. The Balaban J connectivity index is 2.16. The molecule has 0 aromatic carbocycles. The number of nitrogens with one attached hydrogen (secondary N) is 1. The van der Waals surface area contributed by atoms with Crippen LogP contribution in [0.4, 0.5) is 4.39 Å². The molecule has 1 unspecified atom stereocenters. The number of halogens is 1. The standard InChI is InChI=1S/C14H15FN2OS/c1-9(11-3-4-13(15)16-8-11)5-10-6-12(19-2)14(18)17-7-10/h3-4,6-9H,5H2,1-2H3,(H,17,18). The molecule has 100 valence electrons. The second-order valence-corrected chi connectivity index (χ2v) is 5.27. The van der Waals surface area contributed by atoms with Gasteiger partial charge < -0.3 is 4.98 Å². The van der Waals surface area contributed by atoms with Gasteiger partial charge >= 0.3 is 0 Å². The topological polar surface area (TPSA) is 45.8 Å². The van der Waals surface area contributed by atoms with Crippen LogP contribution in [0.3, 0.4) is 0 Å².